The monoisotopic (exact) mass is 230 g/mol. The lowest BCUT2D eigenvalue weighted by atomic mass is 9.97. The molecule has 2 rings (SSSR count). The van der Waals surface area contributed by atoms with Gasteiger partial charge < -0.3 is 10.3 Å². The lowest BCUT2D eigenvalue weighted by Gasteiger charge is -2.43. The van der Waals surface area contributed by atoms with E-state index in [-0.39, 0.29) is 5.03 Å². The van der Waals surface area contributed by atoms with Crippen LogP contribution >= 0.6 is 0 Å². The van der Waals surface area contributed by atoms with Crippen LogP contribution < -0.4 is 5.73 Å². The van der Waals surface area contributed by atoms with E-state index in [1.807, 2.05) is 6.92 Å². The number of rotatable bonds is 2. The van der Waals surface area contributed by atoms with Crippen LogP contribution in [-0.4, -0.2) is 40.9 Å². The molecule has 2 N–H and O–H groups in total. The van der Waals surface area contributed by atoms with Gasteiger partial charge in [-0.25, -0.2) is 13.4 Å². The van der Waals surface area contributed by atoms with Crippen LogP contribution in [0.3, 0.4) is 0 Å². The van der Waals surface area contributed by atoms with E-state index in [0.717, 1.165) is 0 Å². The van der Waals surface area contributed by atoms with E-state index < -0.39 is 15.6 Å². The molecule has 0 saturated carbocycles. The molecule has 15 heavy (non-hydrogen) atoms. The van der Waals surface area contributed by atoms with Crippen LogP contribution in [0, 0.1) is 0 Å². The molecule has 1 aliphatic heterocycles. The summed E-state index contributed by atoms with van der Waals surface area (Å²) >= 11 is 0. The Bertz CT molecular complexity index is 469. The van der Waals surface area contributed by atoms with Gasteiger partial charge in [-0.3, -0.25) is 0 Å². The summed E-state index contributed by atoms with van der Waals surface area (Å²) in [5.74, 6) is 0. The number of nitrogens with zero attached hydrogens (tertiary/aromatic N) is 3. The Morgan fingerprint density at radius 2 is 2.13 bits per heavy atom. The lowest BCUT2D eigenvalue weighted by Crippen LogP contribution is -2.66. The van der Waals surface area contributed by atoms with Crippen molar-refractivity contribution in [3.63, 3.8) is 0 Å². The maximum Gasteiger partial charge on any atom is 0.262 e. The Labute approximate surface area is 88.7 Å². The van der Waals surface area contributed by atoms with Crippen molar-refractivity contribution < 1.29 is 8.42 Å². The fraction of sp³-hybridized carbons (Fsp3) is 0.625. The second kappa shape index (κ2) is 3.03. The van der Waals surface area contributed by atoms with E-state index in [4.69, 9.17) is 5.73 Å². The molecule has 0 aliphatic carbocycles. The SMILES string of the molecule is Cn1cnc(S(=O)(=O)N2CC(C)(N)C2)c1. The minimum Gasteiger partial charge on any atom is -0.339 e. The summed E-state index contributed by atoms with van der Waals surface area (Å²) in [6.45, 7) is 2.54. The van der Waals surface area contributed by atoms with Gasteiger partial charge in [-0.1, -0.05) is 0 Å². The second-order valence-corrected chi connectivity index (χ2v) is 6.19. The summed E-state index contributed by atoms with van der Waals surface area (Å²) in [5, 5.41) is 0.0838. The lowest BCUT2D eigenvalue weighted by molar-refractivity contribution is 0.176. The van der Waals surface area contributed by atoms with Crippen LogP contribution in [0.2, 0.25) is 0 Å². The predicted octanol–water partition coefficient (Wildman–Crippen LogP) is -0.858. The number of imidazole rings is 1. The first kappa shape index (κ1) is 10.6. The van der Waals surface area contributed by atoms with Gasteiger partial charge in [0, 0.05) is 31.9 Å². The first-order valence-electron chi connectivity index (χ1n) is 4.58. The predicted molar refractivity (Wildman–Crippen MR) is 54.6 cm³/mol. The molecule has 1 aromatic rings. The fourth-order valence-electron chi connectivity index (χ4n) is 1.58. The minimum atomic E-state index is -3.43. The number of sulfonamides is 1. The molecular weight excluding hydrogens is 216 g/mol. The molecule has 0 spiro atoms. The molecule has 0 amide bonds. The van der Waals surface area contributed by atoms with Crippen molar-refractivity contribution in [2.45, 2.75) is 17.5 Å². The van der Waals surface area contributed by atoms with Crippen molar-refractivity contribution in [1.82, 2.24) is 13.9 Å². The smallest absolute Gasteiger partial charge is 0.262 e. The van der Waals surface area contributed by atoms with Gasteiger partial charge in [-0.05, 0) is 6.92 Å². The maximum absolute atomic E-state index is 11.9. The van der Waals surface area contributed by atoms with Gasteiger partial charge in [0.25, 0.3) is 10.0 Å². The Morgan fingerprint density at radius 3 is 2.53 bits per heavy atom. The molecule has 2 heterocycles. The fourth-order valence-corrected chi connectivity index (χ4v) is 3.26. The van der Waals surface area contributed by atoms with Crippen molar-refractivity contribution in [2.75, 3.05) is 13.1 Å². The summed E-state index contributed by atoms with van der Waals surface area (Å²) in [6, 6.07) is 0. The quantitative estimate of drug-likeness (QED) is 0.717. The van der Waals surface area contributed by atoms with Gasteiger partial charge in [0.15, 0.2) is 5.03 Å². The maximum atomic E-state index is 11.9. The van der Waals surface area contributed by atoms with E-state index >= 15 is 0 Å². The van der Waals surface area contributed by atoms with Crippen molar-refractivity contribution in [2.24, 2.45) is 12.8 Å². The first-order valence-corrected chi connectivity index (χ1v) is 6.02. The number of aromatic nitrogens is 2. The average molecular weight is 230 g/mol. The molecule has 1 aromatic heterocycles. The Balaban J connectivity index is 2.23. The van der Waals surface area contributed by atoms with Crippen LogP contribution in [0.4, 0.5) is 0 Å². The van der Waals surface area contributed by atoms with E-state index in [2.05, 4.69) is 4.98 Å². The highest BCUT2D eigenvalue weighted by molar-refractivity contribution is 7.89. The van der Waals surface area contributed by atoms with Crippen LogP contribution in [0.5, 0.6) is 0 Å². The second-order valence-electron chi connectivity index (χ2n) is 4.30. The topological polar surface area (TPSA) is 81.2 Å². The summed E-state index contributed by atoms with van der Waals surface area (Å²) in [5.41, 5.74) is 5.36. The van der Waals surface area contributed by atoms with Crippen molar-refractivity contribution >= 4 is 10.0 Å². The Kier molecular flexibility index (Phi) is 2.14. The molecule has 1 fully saturated rings. The third-order valence-corrected chi connectivity index (χ3v) is 4.04. The molecule has 1 saturated heterocycles. The number of hydrogen-bond donors (Lipinski definition) is 1. The number of nitrogens with two attached hydrogens (primary N) is 1. The van der Waals surface area contributed by atoms with Gasteiger partial charge in [-0.15, -0.1) is 0 Å². The molecule has 0 atom stereocenters. The first-order chi connectivity index (χ1) is 6.81. The Hall–Kier alpha value is -0.920. The zero-order chi connectivity index (χ0) is 11.3. The number of aryl methyl sites for hydroxylation is 1. The van der Waals surface area contributed by atoms with Gasteiger partial charge in [0.2, 0.25) is 0 Å². The zero-order valence-electron chi connectivity index (χ0n) is 8.71. The summed E-state index contributed by atoms with van der Waals surface area (Å²) in [6.07, 6.45) is 2.95. The minimum absolute atomic E-state index is 0.0838. The largest absolute Gasteiger partial charge is 0.339 e. The molecule has 0 bridgehead atoms. The Morgan fingerprint density at radius 1 is 1.53 bits per heavy atom. The van der Waals surface area contributed by atoms with Gasteiger partial charge in [0.05, 0.1) is 6.33 Å². The summed E-state index contributed by atoms with van der Waals surface area (Å²) < 4.78 is 26.8. The standard InChI is InChI=1S/C8H14N4O2S/c1-8(9)4-12(5-8)15(13,14)7-3-11(2)6-10-7/h3,6H,4-5,9H2,1-2H3. The molecule has 0 unspecified atom stereocenters. The van der Waals surface area contributed by atoms with E-state index in [0.29, 0.717) is 13.1 Å². The summed E-state index contributed by atoms with van der Waals surface area (Å²) in [4.78, 5) is 3.83. The van der Waals surface area contributed by atoms with E-state index in [1.54, 1.807) is 11.6 Å². The van der Waals surface area contributed by atoms with Crippen molar-refractivity contribution in [3.8, 4) is 0 Å². The molecule has 1 aliphatic rings. The van der Waals surface area contributed by atoms with Gasteiger partial charge in [-0.2, -0.15) is 4.31 Å². The normalized spacial score (nSPS) is 21.3. The highest BCUT2D eigenvalue weighted by atomic mass is 32.2. The van der Waals surface area contributed by atoms with Crippen LogP contribution in [0.25, 0.3) is 0 Å². The summed E-state index contributed by atoms with van der Waals surface area (Å²) in [7, 11) is -1.70. The van der Waals surface area contributed by atoms with Gasteiger partial charge >= 0.3 is 0 Å². The van der Waals surface area contributed by atoms with Crippen molar-refractivity contribution in [3.05, 3.63) is 12.5 Å². The molecule has 84 valence electrons. The van der Waals surface area contributed by atoms with Gasteiger partial charge in [0.1, 0.15) is 0 Å². The average Bonchev–Trinajstić information content (AvgIpc) is 2.48. The van der Waals surface area contributed by atoms with Crippen LogP contribution in [-0.2, 0) is 17.1 Å². The highest BCUT2D eigenvalue weighted by Gasteiger charge is 2.43. The molecule has 7 heteroatoms. The van der Waals surface area contributed by atoms with E-state index in [1.165, 1.54) is 16.8 Å². The zero-order valence-corrected chi connectivity index (χ0v) is 9.53. The molecule has 6 nitrogen and oxygen atoms in total. The number of hydrogen-bond acceptors (Lipinski definition) is 4. The van der Waals surface area contributed by atoms with E-state index in [9.17, 15) is 8.42 Å². The molecular formula is C8H14N4O2S. The van der Waals surface area contributed by atoms with Crippen molar-refractivity contribution in [1.29, 1.82) is 0 Å². The van der Waals surface area contributed by atoms with Crippen LogP contribution in [0.15, 0.2) is 17.6 Å². The van der Waals surface area contributed by atoms with Crippen LogP contribution in [0.1, 0.15) is 6.92 Å². The third kappa shape index (κ3) is 1.77. The molecule has 0 aromatic carbocycles. The third-order valence-electron chi connectivity index (χ3n) is 2.36. The highest BCUT2D eigenvalue weighted by Crippen LogP contribution is 2.24. The molecule has 0 radical (unpaired) electrons.